The Morgan fingerprint density at radius 2 is 1.79 bits per heavy atom. The van der Waals surface area contributed by atoms with Crippen molar-refractivity contribution in [2.75, 3.05) is 0 Å². The molecule has 0 fully saturated rings. The monoisotopic (exact) mass is 399 g/mol. The molecule has 0 radical (unpaired) electrons. The number of imide groups is 1. The van der Waals surface area contributed by atoms with E-state index in [0.29, 0.717) is 29.9 Å². The van der Waals surface area contributed by atoms with Crippen LogP contribution in [0.15, 0.2) is 24.3 Å². The lowest BCUT2D eigenvalue weighted by molar-refractivity contribution is -0.150. The number of benzene rings is 1. The highest BCUT2D eigenvalue weighted by Crippen LogP contribution is 2.27. The first kappa shape index (κ1) is 20.6. The molecule has 0 N–H and O–H groups in total. The van der Waals surface area contributed by atoms with Gasteiger partial charge in [0.2, 0.25) is 0 Å². The van der Waals surface area contributed by atoms with Crippen LogP contribution in [-0.4, -0.2) is 48.9 Å². The Kier molecular flexibility index (Phi) is 6.36. The van der Waals surface area contributed by atoms with E-state index < -0.39 is 23.8 Å². The third-order valence-corrected chi connectivity index (χ3v) is 4.78. The van der Waals surface area contributed by atoms with Gasteiger partial charge in [0, 0.05) is 6.54 Å². The summed E-state index contributed by atoms with van der Waals surface area (Å²) in [5.41, 5.74) is 0.616. The maximum atomic E-state index is 12.9. The number of hydrogen-bond donors (Lipinski definition) is 0. The number of esters is 1. The van der Waals surface area contributed by atoms with Crippen LogP contribution >= 0.6 is 0 Å². The summed E-state index contributed by atoms with van der Waals surface area (Å²) in [5, 5.41) is 11.4. The second-order valence-corrected chi connectivity index (χ2v) is 7.45. The highest BCUT2D eigenvalue weighted by Gasteiger charge is 2.43. The molecule has 2 amide bonds. The summed E-state index contributed by atoms with van der Waals surface area (Å²) < 4.78 is 7.02. The summed E-state index contributed by atoms with van der Waals surface area (Å²) in [5.74, 6) is -1.08. The van der Waals surface area contributed by atoms with E-state index in [-0.39, 0.29) is 12.5 Å². The lowest BCUT2D eigenvalue weighted by Crippen LogP contribution is -2.46. The zero-order valence-corrected chi connectivity index (χ0v) is 16.9. The van der Waals surface area contributed by atoms with E-state index in [9.17, 15) is 14.4 Å². The Bertz CT molecular complexity index is 873. The predicted molar refractivity (Wildman–Crippen MR) is 103 cm³/mol. The lowest BCUT2D eigenvalue weighted by atomic mass is 10.0. The topological polar surface area (TPSA) is 107 Å². The van der Waals surface area contributed by atoms with Crippen LogP contribution in [0.25, 0.3) is 0 Å². The first-order valence-electron chi connectivity index (χ1n) is 9.82. The minimum Gasteiger partial charge on any atom is -0.456 e. The Morgan fingerprint density at radius 1 is 1.14 bits per heavy atom. The van der Waals surface area contributed by atoms with Crippen LogP contribution in [0.5, 0.6) is 0 Å². The zero-order chi connectivity index (χ0) is 21.0. The first-order valence-corrected chi connectivity index (χ1v) is 9.82. The molecule has 3 rings (SSSR count). The lowest BCUT2D eigenvalue weighted by Gasteiger charge is -2.25. The SMILES string of the molecule is CCCCn1nnnc1COC(=O)C(CC(C)C)N1C(=O)c2ccccc2C1=O. The van der Waals surface area contributed by atoms with Crippen LogP contribution in [0.1, 0.15) is 66.6 Å². The minimum absolute atomic E-state index is 0.0757. The number of nitrogens with zero attached hydrogens (tertiary/aromatic N) is 5. The molecule has 9 heteroatoms. The van der Waals surface area contributed by atoms with Gasteiger partial charge in [0.25, 0.3) is 11.8 Å². The van der Waals surface area contributed by atoms with Crippen LogP contribution in [-0.2, 0) is 22.7 Å². The molecule has 1 aliphatic rings. The number of aryl methyl sites for hydroxylation is 1. The number of amides is 2. The number of unbranched alkanes of at least 4 members (excludes halogenated alkanes) is 1. The average molecular weight is 399 g/mol. The molecule has 0 saturated heterocycles. The van der Waals surface area contributed by atoms with E-state index in [4.69, 9.17) is 4.74 Å². The van der Waals surface area contributed by atoms with Crippen LogP contribution in [0.2, 0.25) is 0 Å². The van der Waals surface area contributed by atoms with Gasteiger partial charge in [-0.2, -0.15) is 0 Å². The van der Waals surface area contributed by atoms with E-state index in [1.165, 1.54) is 0 Å². The molecule has 9 nitrogen and oxygen atoms in total. The highest BCUT2D eigenvalue weighted by molar-refractivity contribution is 6.22. The molecule has 0 saturated carbocycles. The van der Waals surface area contributed by atoms with Gasteiger partial charge in [0.1, 0.15) is 6.04 Å². The van der Waals surface area contributed by atoms with Gasteiger partial charge < -0.3 is 4.74 Å². The van der Waals surface area contributed by atoms with E-state index in [2.05, 4.69) is 22.4 Å². The highest BCUT2D eigenvalue weighted by atomic mass is 16.5. The average Bonchev–Trinajstić information content (AvgIpc) is 3.25. The third-order valence-electron chi connectivity index (χ3n) is 4.78. The summed E-state index contributed by atoms with van der Waals surface area (Å²) in [6.45, 7) is 6.41. The molecule has 1 aromatic heterocycles. The second kappa shape index (κ2) is 8.93. The molecule has 0 aliphatic carbocycles. The molecule has 2 heterocycles. The zero-order valence-electron chi connectivity index (χ0n) is 16.9. The predicted octanol–water partition coefficient (Wildman–Crippen LogP) is 2.23. The molecule has 1 aliphatic heterocycles. The number of fused-ring (bicyclic) bond motifs is 1. The van der Waals surface area contributed by atoms with Crippen LogP contribution < -0.4 is 0 Å². The summed E-state index contributed by atoms with van der Waals surface area (Å²) in [4.78, 5) is 39.5. The molecule has 29 heavy (non-hydrogen) atoms. The molecule has 2 aromatic rings. The smallest absolute Gasteiger partial charge is 0.329 e. The van der Waals surface area contributed by atoms with E-state index in [1.54, 1.807) is 28.9 Å². The fourth-order valence-electron chi connectivity index (χ4n) is 3.28. The van der Waals surface area contributed by atoms with Gasteiger partial charge in [0.15, 0.2) is 12.4 Å². The molecular formula is C20H25N5O4. The summed E-state index contributed by atoms with van der Waals surface area (Å²) in [7, 11) is 0. The van der Waals surface area contributed by atoms with Crippen molar-refractivity contribution in [2.24, 2.45) is 5.92 Å². The van der Waals surface area contributed by atoms with Crippen molar-refractivity contribution in [1.29, 1.82) is 0 Å². The number of carbonyl (C=O) groups is 3. The molecule has 1 atom stereocenters. The number of ether oxygens (including phenoxy) is 1. The maximum Gasteiger partial charge on any atom is 0.329 e. The summed E-state index contributed by atoms with van der Waals surface area (Å²) in [6, 6.07) is 5.57. The number of rotatable bonds is 9. The number of aromatic nitrogens is 4. The van der Waals surface area contributed by atoms with Gasteiger partial charge in [0.05, 0.1) is 11.1 Å². The van der Waals surface area contributed by atoms with Gasteiger partial charge in [-0.1, -0.05) is 39.3 Å². The largest absolute Gasteiger partial charge is 0.456 e. The van der Waals surface area contributed by atoms with E-state index >= 15 is 0 Å². The summed E-state index contributed by atoms with van der Waals surface area (Å²) >= 11 is 0. The van der Waals surface area contributed by atoms with Crippen molar-refractivity contribution < 1.29 is 19.1 Å². The fraction of sp³-hybridized carbons (Fsp3) is 0.500. The van der Waals surface area contributed by atoms with Crippen molar-refractivity contribution in [3.63, 3.8) is 0 Å². The van der Waals surface area contributed by atoms with Crippen molar-refractivity contribution >= 4 is 17.8 Å². The van der Waals surface area contributed by atoms with Crippen molar-refractivity contribution in [3.8, 4) is 0 Å². The Balaban J connectivity index is 1.76. The molecule has 0 bridgehead atoms. The van der Waals surface area contributed by atoms with E-state index in [1.807, 2.05) is 13.8 Å². The van der Waals surface area contributed by atoms with Crippen molar-refractivity contribution in [1.82, 2.24) is 25.1 Å². The standard InChI is InChI=1S/C20H25N5O4/c1-4-5-10-24-17(21-22-23-24)12-29-20(28)16(11-13(2)3)25-18(26)14-8-6-7-9-15(14)19(25)27/h6-9,13,16H,4-5,10-12H2,1-3H3. The van der Waals surface area contributed by atoms with Crippen LogP contribution in [0, 0.1) is 5.92 Å². The summed E-state index contributed by atoms with van der Waals surface area (Å²) in [6.07, 6.45) is 2.19. The Labute approximate surface area is 169 Å². The van der Waals surface area contributed by atoms with Gasteiger partial charge >= 0.3 is 5.97 Å². The number of tetrazole rings is 1. The van der Waals surface area contributed by atoms with E-state index in [0.717, 1.165) is 17.7 Å². The fourth-order valence-corrected chi connectivity index (χ4v) is 3.28. The molecular weight excluding hydrogens is 374 g/mol. The Morgan fingerprint density at radius 3 is 2.38 bits per heavy atom. The number of carbonyl (C=O) groups excluding carboxylic acids is 3. The van der Waals surface area contributed by atoms with Crippen LogP contribution in [0.3, 0.4) is 0 Å². The van der Waals surface area contributed by atoms with Gasteiger partial charge in [-0.15, -0.1) is 5.10 Å². The number of hydrogen-bond acceptors (Lipinski definition) is 7. The van der Waals surface area contributed by atoms with Crippen LogP contribution in [0.4, 0.5) is 0 Å². The third kappa shape index (κ3) is 4.33. The van der Waals surface area contributed by atoms with Gasteiger partial charge in [-0.25, -0.2) is 9.48 Å². The van der Waals surface area contributed by atoms with Gasteiger partial charge in [-0.3, -0.25) is 14.5 Å². The molecule has 0 spiro atoms. The normalized spacial score (nSPS) is 14.4. The Hall–Kier alpha value is -3.10. The first-order chi connectivity index (χ1) is 13.9. The molecule has 1 unspecified atom stereocenters. The van der Waals surface area contributed by atoms with Gasteiger partial charge in [-0.05, 0) is 41.3 Å². The quantitative estimate of drug-likeness (QED) is 0.470. The molecule has 154 valence electrons. The molecule has 1 aromatic carbocycles. The van der Waals surface area contributed by atoms with Crippen molar-refractivity contribution in [3.05, 3.63) is 41.2 Å². The second-order valence-electron chi connectivity index (χ2n) is 7.45. The maximum absolute atomic E-state index is 12.9. The van der Waals surface area contributed by atoms with Crippen molar-refractivity contribution in [2.45, 2.75) is 59.2 Å². The minimum atomic E-state index is -0.998.